The molecule has 1 aliphatic carbocycles. The van der Waals surface area contributed by atoms with E-state index in [0.29, 0.717) is 203 Å². The molecule has 0 N–H and O–H groups in total. The Balaban J connectivity index is 2.98. The third-order valence-corrected chi connectivity index (χ3v) is 24.0. The van der Waals surface area contributed by atoms with Gasteiger partial charge in [0.25, 0.3) is 0 Å². The first-order valence-electron chi connectivity index (χ1n) is 35.8. The average Bonchev–Trinajstić information content (AvgIpc) is 3.34. The number of rotatable bonds is 34. The summed E-state index contributed by atoms with van der Waals surface area (Å²) in [6, 6.07) is 21.2. The quantitative estimate of drug-likeness (QED) is 0.0613. The summed E-state index contributed by atoms with van der Waals surface area (Å²) in [6.45, 7) is 0.626. The van der Waals surface area contributed by atoms with E-state index in [9.17, 15) is 0 Å². The molecule has 62 heteroatoms. The summed E-state index contributed by atoms with van der Waals surface area (Å²) in [5, 5.41) is 0. The zero-order chi connectivity index (χ0) is 61.8. The Labute approximate surface area is 548 Å². The molecule has 0 unspecified atom stereocenters. The molecule has 0 amide bonds. The van der Waals surface area contributed by atoms with Crippen molar-refractivity contribution in [3.63, 3.8) is 0 Å². The highest BCUT2D eigenvalue weighted by Crippen LogP contribution is 2.43. The van der Waals surface area contributed by atoms with Crippen LogP contribution in [0.2, 0.25) is 5.82 Å². The van der Waals surface area contributed by atoms with E-state index < -0.39 is 0 Å². The van der Waals surface area contributed by atoms with Crippen LogP contribution in [-0.4, -0.2) is 439 Å². The first-order valence-corrected chi connectivity index (χ1v) is 35.8. The Morgan fingerprint density at radius 1 is 0.296 bits per heavy atom. The highest BCUT2D eigenvalue weighted by Gasteiger charge is 2.64. The Morgan fingerprint density at radius 3 is 0.938 bits per heavy atom. The number of benzene rings is 2. The molecule has 0 nitrogen and oxygen atoms in total. The fourth-order valence-electron chi connectivity index (χ4n) is 21.1. The van der Waals surface area contributed by atoms with Gasteiger partial charge in [0.2, 0.25) is 0 Å². The molecule has 0 spiro atoms. The lowest BCUT2D eigenvalue weighted by atomic mass is 8.24. The minimum atomic E-state index is 0.581. The lowest BCUT2D eigenvalue weighted by Crippen LogP contribution is -2.96. The molecule has 0 bridgehead atoms. The van der Waals surface area contributed by atoms with Gasteiger partial charge in [-0.1, -0.05) is 73.3 Å². The third kappa shape index (κ3) is 20.7. The van der Waals surface area contributed by atoms with Crippen molar-refractivity contribution in [2.45, 2.75) is 43.8 Å². The third-order valence-electron chi connectivity index (χ3n) is 24.0. The summed E-state index contributed by atoms with van der Waals surface area (Å²) in [4.78, 5) is 0. The van der Waals surface area contributed by atoms with E-state index in [-0.39, 0.29) is 0 Å². The van der Waals surface area contributed by atoms with Crippen molar-refractivity contribution >= 4 is 439 Å². The second-order valence-corrected chi connectivity index (χ2v) is 33.7. The fraction of sp³-hybridized carbons (Fsp3) is 0.368. The van der Waals surface area contributed by atoms with Gasteiger partial charge in [-0.15, -0.1) is 0 Å². The van der Waals surface area contributed by atoms with Crippen molar-refractivity contribution in [1.29, 1.82) is 0 Å². The van der Waals surface area contributed by atoms with E-state index in [1.54, 1.807) is 5.56 Å². The summed E-state index contributed by atoms with van der Waals surface area (Å²) in [7, 11) is 84.9. The molecular formula is C19H84B62. The lowest BCUT2D eigenvalue weighted by molar-refractivity contribution is 0.442. The van der Waals surface area contributed by atoms with Gasteiger partial charge in [0.05, 0.1) is 240 Å². The minimum absolute atomic E-state index is 0.581. The van der Waals surface area contributed by atoms with E-state index in [2.05, 4.69) is 294 Å². The van der Waals surface area contributed by atoms with Crippen molar-refractivity contribution < 1.29 is 0 Å². The van der Waals surface area contributed by atoms with E-state index in [1.807, 2.05) is 0 Å². The maximum absolute atomic E-state index is 2.82. The van der Waals surface area contributed by atoms with Crippen LogP contribution in [0.4, 0.5) is 0 Å². The van der Waals surface area contributed by atoms with Gasteiger partial charge in [-0.3, -0.25) is 0 Å². The van der Waals surface area contributed by atoms with Crippen molar-refractivity contribution in [3.8, 4) is 0 Å². The normalized spacial score (nSPS) is 13.1. The molecule has 1 saturated carbocycles. The van der Waals surface area contributed by atoms with Crippen molar-refractivity contribution in [1.82, 2.24) is 0 Å². The smallest absolute Gasteiger partial charge is 0.0593 e. The van der Waals surface area contributed by atoms with Crippen LogP contribution < -0.4 is 0 Å². The molecular weight excluding hydrogens is 899 g/mol. The zero-order valence-corrected chi connectivity index (χ0v) is 60.4. The van der Waals surface area contributed by atoms with Crippen LogP contribution in [0.3, 0.4) is 0 Å². The van der Waals surface area contributed by atoms with Crippen LogP contribution in [0.5, 0.6) is 0 Å². The second-order valence-electron chi connectivity index (χ2n) is 33.7. The standard InChI is InChI=1S/C19H84B62/c20-51-69(55(25)26)78(73(58(31)32)59(33)34)71(79(80(74(60(35)36)61(37)38)75(62(39)40)63(41)42)81(76(64(43)44)65(45)46)77(66(47)48)68(50)54(23)24)52(70(67(49)53(21)22)72(56(27)28)57(29)30)19-12-10-18(11-13-19)17-8-6-16(7-9-17)14-15-4-2-1-3-5-15/h1-9,18-19,51H,10-14,20-50H2. The summed E-state index contributed by atoms with van der Waals surface area (Å²) in [6.07, 6.45) is 24.2. The maximum atomic E-state index is 2.82. The average molecular weight is 983 g/mol. The van der Waals surface area contributed by atoms with Crippen LogP contribution in [0.1, 0.15) is 48.3 Å². The van der Waals surface area contributed by atoms with Crippen LogP contribution in [-0.2, 0) is 6.42 Å². The summed E-state index contributed by atoms with van der Waals surface area (Å²) >= 11 is 0. The van der Waals surface area contributed by atoms with Crippen LogP contribution >= 0.6 is 0 Å². The molecule has 1 aliphatic rings. The number of hydrogen-bond acceptors (Lipinski definition) is 0. The molecule has 0 heterocycles. The summed E-state index contributed by atoms with van der Waals surface area (Å²) in [5.74, 6) is 1.32. The first-order chi connectivity index (χ1) is 37.7. The largest absolute Gasteiger partial charge is 0.0789 e. The van der Waals surface area contributed by atoms with Gasteiger partial charge in [0.1, 0.15) is 0 Å². The molecule has 346 valence electrons. The summed E-state index contributed by atoms with van der Waals surface area (Å²) < 4.78 is 0. The van der Waals surface area contributed by atoms with Crippen molar-refractivity contribution in [2.75, 3.05) is 0 Å². The van der Waals surface area contributed by atoms with Gasteiger partial charge in [-0.2, -0.15) is 0 Å². The van der Waals surface area contributed by atoms with Gasteiger partial charge in [0, 0.05) is 199 Å². The predicted molar refractivity (Wildman–Crippen MR) is 525 cm³/mol. The molecule has 2 aromatic carbocycles. The Bertz CT molecular complexity index is 1940. The van der Waals surface area contributed by atoms with E-state index in [4.69, 9.17) is 0 Å². The van der Waals surface area contributed by atoms with Gasteiger partial charge in [-0.05, 0) is 41.9 Å². The highest BCUT2D eigenvalue weighted by molar-refractivity contribution is 8.36. The number of hydrogen-bond donors (Lipinski definition) is 0. The lowest BCUT2D eigenvalue weighted by Gasteiger charge is -2.59. The van der Waals surface area contributed by atoms with Crippen LogP contribution in [0.25, 0.3) is 0 Å². The summed E-state index contributed by atoms with van der Waals surface area (Å²) in [5.41, 5.74) is 4.45. The SMILES string of the molecule is BBB(B(B)B)B(B(B(B)B)B(B)B)B(B(B(B(B(B)B)B(B)B)B(B(B)B)B(B)B)B(B(B(B)B)B(B)B)B(B(B)B)B(B)B(B)B)B(B(B(B)B(B)B)B(B(B)B)B(B)B)C1CCC(c2ccc(Cc3ccccc3)cc2)CC1. The molecule has 2 aromatic rings. The van der Waals surface area contributed by atoms with E-state index in [1.165, 1.54) is 43.9 Å². The molecule has 0 aliphatic heterocycles. The van der Waals surface area contributed by atoms with E-state index in [0.717, 1.165) is 6.42 Å². The molecule has 1 fully saturated rings. The Kier molecular flexibility index (Phi) is 35.0. The minimum Gasteiger partial charge on any atom is -0.0789 e. The van der Waals surface area contributed by atoms with Gasteiger partial charge in [0.15, 0.2) is 0 Å². The van der Waals surface area contributed by atoms with Crippen LogP contribution in [0, 0.1) is 0 Å². The molecule has 3 rings (SSSR count). The molecule has 0 aromatic heterocycles. The molecule has 0 saturated heterocycles. The van der Waals surface area contributed by atoms with Gasteiger partial charge >= 0.3 is 0 Å². The first kappa shape index (κ1) is 77.7. The molecule has 0 radical (unpaired) electrons. The maximum Gasteiger partial charge on any atom is 0.0593 e. The van der Waals surface area contributed by atoms with Crippen molar-refractivity contribution in [3.05, 3.63) is 71.3 Å². The Morgan fingerprint density at radius 2 is 0.605 bits per heavy atom. The zero-order valence-electron chi connectivity index (χ0n) is 60.4. The molecule has 81 heavy (non-hydrogen) atoms. The topological polar surface area (TPSA) is 0 Å². The second kappa shape index (κ2) is 36.5. The highest BCUT2D eigenvalue weighted by atomic mass is 14.2. The van der Waals surface area contributed by atoms with Crippen LogP contribution in [0.15, 0.2) is 54.6 Å². The monoisotopic (exact) mass is 995 g/mol. The van der Waals surface area contributed by atoms with Crippen molar-refractivity contribution in [2.24, 2.45) is 0 Å². The van der Waals surface area contributed by atoms with Gasteiger partial charge in [-0.25, -0.2) is 0 Å². The Hall–Kier alpha value is 2.47. The predicted octanol–water partition coefficient (Wildman–Crippen LogP) is -35.2. The van der Waals surface area contributed by atoms with E-state index >= 15 is 0 Å². The van der Waals surface area contributed by atoms with Gasteiger partial charge < -0.3 is 0 Å². The molecule has 0 atom stereocenters. The fourth-order valence-corrected chi connectivity index (χ4v) is 21.1.